The molecule has 1 rings (SSSR count). The fourth-order valence-corrected chi connectivity index (χ4v) is 1.82. The second-order valence-electron chi connectivity index (χ2n) is 3.80. The predicted molar refractivity (Wildman–Crippen MR) is 50.7 cm³/mol. The summed E-state index contributed by atoms with van der Waals surface area (Å²) >= 11 is 0. The number of likely N-dealkylation sites (tertiary alicyclic amines) is 1. The van der Waals surface area contributed by atoms with Gasteiger partial charge in [-0.2, -0.15) is 0 Å². The fraction of sp³-hybridized carbons (Fsp3) is 0.889. The van der Waals surface area contributed by atoms with Gasteiger partial charge in [0.15, 0.2) is 0 Å². The van der Waals surface area contributed by atoms with Gasteiger partial charge in [-0.1, -0.05) is 0 Å². The number of nitrogens with one attached hydrogen (secondary N) is 1. The molecule has 1 aliphatic rings. The summed E-state index contributed by atoms with van der Waals surface area (Å²) in [5.41, 5.74) is 0. The average molecular weight is 186 g/mol. The molecule has 0 aromatic heterocycles. The molecule has 1 saturated heterocycles. The number of hydrogen-bond acceptors (Lipinski definition) is 3. The molecule has 1 aliphatic heterocycles. The first-order valence-corrected chi connectivity index (χ1v) is 4.79. The van der Waals surface area contributed by atoms with Crippen LogP contribution in [0, 0.1) is 5.92 Å². The quantitative estimate of drug-likeness (QED) is 0.649. The first-order valence-electron chi connectivity index (χ1n) is 4.79. The molecule has 76 valence electrons. The maximum atomic E-state index is 10.2. The largest absolute Gasteiger partial charge is 0.480 e. The minimum Gasteiger partial charge on any atom is -0.480 e. The van der Waals surface area contributed by atoms with Crippen LogP contribution in [0.2, 0.25) is 0 Å². The van der Waals surface area contributed by atoms with Crippen LogP contribution < -0.4 is 5.32 Å². The van der Waals surface area contributed by atoms with E-state index in [1.54, 1.807) is 0 Å². The van der Waals surface area contributed by atoms with E-state index in [-0.39, 0.29) is 6.54 Å². The Hall–Kier alpha value is -0.610. The Morgan fingerprint density at radius 2 is 2.46 bits per heavy atom. The van der Waals surface area contributed by atoms with Gasteiger partial charge in [-0.25, -0.2) is 0 Å². The Labute approximate surface area is 78.9 Å². The zero-order valence-electron chi connectivity index (χ0n) is 8.12. The van der Waals surface area contributed by atoms with Gasteiger partial charge >= 0.3 is 5.97 Å². The highest BCUT2D eigenvalue weighted by Gasteiger charge is 2.16. The van der Waals surface area contributed by atoms with Crippen LogP contribution in [0.5, 0.6) is 0 Å². The van der Waals surface area contributed by atoms with Crippen LogP contribution in [-0.4, -0.2) is 49.2 Å². The molecule has 0 aromatic rings. The summed E-state index contributed by atoms with van der Waals surface area (Å²) in [6.07, 6.45) is 2.45. The first kappa shape index (κ1) is 10.5. The summed E-state index contributed by atoms with van der Waals surface area (Å²) in [7, 11) is 2.11. The topological polar surface area (TPSA) is 52.6 Å². The molecule has 1 heterocycles. The van der Waals surface area contributed by atoms with Crippen LogP contribution >= 0.6 is 0 Å². The van der Waals surface area contributed by atoms with Crippen molar-refractivity contribution < 1.29 is 9.90 Å². The normalized spacial score (nSPS) is 24.5. The Kier molecular flexibility index (Phi) is 4.18. The minimum absolute atomic E-state index is 0.0835. The van der Waals surface area contributed by atoms with Crippen LogP contribution in [0.15, 0.2) is 0 Å². The van der Waals surface area contributed by atoms with Gasteiger partial charge in [-0.05, 0) is 38.9 Å². The van der Waals surface area contributed by atoms with Crippen molar-refractivity contribution in [3.8, 4) is 0 Å². The molecule has 0 spiro atoms. The van der Waals surface area contributed by atoms with Crippen LogP contribution in [0.3, 0.4) is 0 Å². The number of carboxylic acids is 1. The summed E-state index contributed by atoms with van der Waals surface area (Å²) in [6.45, 7) is 3.18. The van der Waals surface area contributed by atoms with Gasteiger partial charge in [0.25, 0.3) is 0 Å². The molecule has 0 saturated carbocycles. The van der Waals surface area contributed by atoms with E-state index >= 15 is 0 Å². The van der Waals surface area contributed by atoms with Gasteiger partial charge in [0.05, 0.1) is 6.54 Å². The molecule has 4 nitrogen and oxygen atoms in total. The zero-order chi connectivity index (χ0) is 9.68. The van der Waals surface area contributed by atoms with E-state index in [2.05, 4.69) is 17.3 Å². The summed E-state index contributed by atoms with van der Waals surface area (Å²) in [6, 6.07) is 0. The lowest BCUT2D eigenvalue weighted by atomic mass is 9.98. The maximum Gasteiger partial charge on any atom is 0.317 e. The van der Waals surface area contributed by atoms with Crippen molar-refractivity contribution >= 4 is 5.97 Å². The van der Waals surface area contributed by atoms with Crippen LogP contribution in [-0.2, 0) is 4.79 Å². The average Bonchev–Trinajstić information content (AvgIpc) is 2.03. The molecular formula is C9H18N2O2. The molecule has 0 bridgehead atoms. The number of nitrogens with zero attached hydrogens (tertiary/aromatic N) is 1. The lowest BCUT2D eigenvalue weighted by Gasteiger charge is -2.29. The molecule has 0 radical (unpaired) electrons. The van der Waals surface area contributed by atoms with Crippen molar-refractivity contribution in [2.24, 2.45) is 5.92 Å². The number of aliphatic carboxylic acids is 1. The van der Waals surface area contributed by atoms with Gasteiger partial charge in [0, 0.05) is 6.54 Å². The van der Waals surface area contributed by atoms with Crippen LogP contribution in [0.1, 0.15) is 12.8 Å². The standard InChI is InChI=1S/C9H18N2O2/c1-11-4-2-3-8(7-11)5-10-6-9(12)13/h8,10H,2-7H2,1H3,(H,12,13)/t8-/m1/s1. The van der Waals surface area contributed by atoms with E-state index in [0.29, 0.717) is 5.92 Å². The molecule has 0 aliphatic carbocycles. The first-order chi connectivity index (χ1) is 6.18. The van der Waals surface area contributed by atoms with E-state index in [1.807, 2.05) is 0 Å². The molecule has 4 heteroatoms. The summed E-state index contributed by atoms with van der Waals surface area (Å²) in [5, 5.41) is 11.4. The van der Waals surface area contributed by atoms with Gasteiger partial charge in [-0.15, -0.1) is 0 Å². The maximum absolute atomic E-state index is 10.2. The summed E-state index contributed by atoms with van der Waals surface area (Å²) in [5.74, 6) is -0.151. The van der Waals surface area contributed by atoms with Crippen molar-refractivity contribution in [3.63, 3.8) is 0 Å². The van der Waals surface area contributed by atoms with Crippen molar-refractivity contribution in [1.29, 1.82) is 0 Å². The molecule has 0 amide bonds. The van der Waals surface area contributed by atoms with Gasteiger partial charge in [0.2, 0.25) is 0 Å². The monoisotopic (exact) mass is 186 g/mol. The van der Waals surface area contributed by atoms with Crippen molar-refractivity contribution in [1.82, 2.24) is 10.2 Å². The number of rotatable bonds is 4. The van der Waals surface area contributed by atoms with Crippen LogP contribution in [0.4, 0.5) is 0 Å². The summed E-state index contributed by atoms with van der Waals surface area (Å²) in [4.78, 5) is 12.5. The Bertz CT molecular complexity index is 173. The third kappa shape index (κ3) is 4.24. The highest BCUT2D eigenvalue weighted by molar-refractivity contribution is 5.68. The zero-order valence-corrected chi connectivity index (χ0v) is 8.12. The number of carboxylic acid groups (broad SMARTS) is 1. The van der Waals surface area contributed by atoms with Crippen molar-refractivity contribution in [2.45, 2.75) is 12.8 Å². The minimum atomic E-state index is -0.774. The SMILES string of the molecule is CN1CCC[C@H](CNCC(=O)O)C1. The molecule has 2 N–H and O–H groups in total. The fourth-order valence-electron chi connectivity index (χ4n) is 1.82. The smallest absolute Gasteiger partial charge is 0.317 e. The second-order valence-corrected chi connectivity index (χ2v) is 3.80. The van der Waals surface area contributed by atoms with E-state index < -0.39 is 5.97 Å². The van der Waals surface area contributed by atoms with Gasteiger partial charge in [0.1, 0.15) is 0 Å². The third-order valence-electron chi connectivity index (χ3n) is 2.43. The number of carbonyl (C=O) groups is 1. The highest BCUT2D eigenvalue weighted by atomic mass is 16.4. The van der Waals surface area contributed by atoms with Gasteiger partial charge in [-0.3, -0.25) is 4.79 Å². The molecule has 13 heavy (non-hydrogen) atoms. The third-order valence-corrected chi connectivity index (χ3v) is 2.43. The Balaban J connectivity index is 2.10. The molecule has 0 unspecified atom stereocenters. The van der Waals surface area contributed by atoms with E-state index in [9.17, 15) is 4.79 Å². The van der Waals surface area contributed by atoms with Gasteiger partial charge < -0.3 is 15.3 Å². The van der Waals surface area contributed by atoms with Crippen LogP contribution in [0.25, 0.3) is 0 Å². The Morgan fingerprint density at radius 1 is 1.69 bits per heavy atom. The number of hydrogen-bond donors (Lipinski definition) is 2. The predicted octanol–water partition coefficient (Wildman–Crippen LogP) is 0.00240. The lowest BCUT2D eigenvalue weighted by molar-refractivity contribution is -0.136. The van der Waals surface area contributed by atoms with E-state index in [1.165, 1.54) is 19.4 Å². The second kappa shape index (κ2) is 5.19. The Morgan fingerprint density at radius 3 is 3.08 bits per heavy atom. The molecule has 1 atom stereocenters. The lowest BCUT2D eigenvalue weighted by Crippen LogP contribution is -2.38. The highest BCUT2D eigenvalue weighted by Crippen LogP contribution is 2.13. The van der Waals surface area contributed by atoms with E-state index in [4.69, 9.17) is 5.11 Å². The number of piperidine rings is 1. The molecule has 0 aromatic carbocycles. The summed E-state index contributed by atoms with van der Waals surface area (Å²) < 4.78 is 0. The van der Waals surface area contributed by atoms with Crippen molar-refractivity contribution in [3.05, 3.63) is 0 Å². The van der Waals surface area contributed by atoms with Crippen molar-refractivity contribution in [2.75, 3.05) is 33.2 Å². The molecular weight excluding hydrogens is 168 g/mol. The van der Waals surface area contributed by atoms with E-state index in [0.717, 1.165) is 13.1 Å². The molecule has 1 fully saturated rings.